The molecular weight excluding hydrogens is 272 g/mol. The summed E-state index contributed by atoms with van der Waals surface area (Å²) in [5.41, 5.74) is 1.01. The van der Waals surface area contributed by atoms with Crippen LogP contribution in [0.1, 0.15) is 12.0 Å². The van der Waals surface area contributed by atoms with Crippen LogP contribution in [0.5, 0.6) is 0 Å². The third-order valence-electron chi connectivity index (χ3n) is 3.53. The lowest BCUT2D eigenvalue weighted by atomic mass is 10.1. The molecular formula is C15H18N2O4. The van der Waals surface area contributed by atoms with Crippen LogP contribution in [0.25, 0.3) is 0 Å². The van der Waals surface area contributed by atoms with Gasteiger partial charge in [-0.3, -0.25) is 14.4 Å². The van der Waals surface area contributed by atoms with E-state index in [1.807, 2.05) is 30.3 Å². The number of likely N-dealkylation sites (tertiary alicyclic amines) is 1. The minimum Gasteiger partial charge on any atom is -0.480 e. The van der Waals surface area contributed by atoms with E-state index < -0.39 is 11.9 Å². The van der Waals surface area contributed by atoms with Crippen molar-refractivity contribution in [2.45, 2.75) is 13.0 Å². The van der Waals surface area contributed by atoms with Gasteiger partial charge >= 0.3 is 5.97 Å². The normalized spacial score (nSPS) is 17.9. The van der Waals surface area contributed by atoms with Gasteiger partial charge in [0.15, 0.2) is 0 Å². The summed E-state index contributed by atoms with van der Waals surface area (Å²) in [6.45, 7) is 0.477. The molecule has 1 aliphatic rings. The highest BCUT2D eigenvalue weighted by molar-refractivity contribution is 5.90. The van der Waals surface area contributed by atoms with Gasteiger partial charge in [-0.1, -0.05) is 30.3 Å². The first-order valence-electron chi connectivity index (χ1n) is 6.76. The maximum Gasteiger partial charge on any atom is 0.323 e. The average Bonchev–Trinajstić information content (AvgIpc) is 2.79. The smallest absolute Gasteiger partial charge is 0.323 e. The number of carboxylic acids is 1. The number of nitrogens with zero attached hydrogens (tertiary/aromatic N) is 2. The Kier molecular flexibility index (Phi) is 4.57. The number of carbonyl (C=O) groups is 3. The molecule has 1 heterocycles. The van der Waals surface area contributed by atoms with E-state index in [0.29, 0.717) is 13.1 Å². The van der Waals surface area contributed by atoms with Crippen molar-refractivity contribution in [1.29, 1.82) is 0 Å². The lowest BCUT2D eigenvalue weighted by Crippen LogP contribution is -2.37. The van der Waals surface area contributed by atoms with Gasteiger partial charge in [0.25, 0.3) is 0 Å². The predicted octanol–water partition coefficient (Wildman–Crippen LogP) is 0.578. The van der Waals surface area contributed by atoms with Crippen molar-refractivity contribution in [3.8, 4) is 0 Å². The summed E-state index contributed by atoms with van der Waals surface area (Å²) in [7, 11) is 1.45. The molecule has 0 spiro atoms. The van der Waals surface area contributed by atoms with Crippen molar-refractivity contribution in [1.82, 2.24) is 9.80 Å². The lowest BCUT2D eigenvalue weighted by molar-refractivity contribution is -0.145. The van der Waals surface area contributed by atoms with Crippen LogP contribution in [0, 0.1) is 5.92 Å². The van der Waals surface area contributed by atoms with Gasteiger partial charge in [0.05, 0.1) is 5.92 Å². The van der Waals surface area contributed by atoms with Crippen LogP contribution in [0.3, 0.4) is 0 Å². The summed E-state index contributed by atoms with van der Waals surface area (Å²) in [6, 6.07) is 9.57. The van der Waals surface area contributed by atoms with Gasteiger partial charge in [0.2, 0.25) is 11.8 Å². The third-order valence-corrected chi connectivity index (χ3v) is 3.53. The Morgan fingerprint density at radius 3 is 2.62 bits per heavy atom. The summed E-state index contributed by atoms with van der Waals surface area (Å²) in [5.74, 6) is -1.87. The quantitative estimate of drug-likeness (QED) is 0.860. The molecule has 0 aliphatic carbocycles. The third kappa shape index (κ3) is 3.81. The maximum atomic E-state index is 12.1. The first-order chi connectivity index (χ1) is 9.97. The van der Waals surface area contributed by atoms with Crippen LogP contribution in [0.15, 0.2) is 30.3 Å². The molecule has 1 aromatic rings. The summed E-state index contributed by atoms with van der Waals surface area (Å²) in [6.07, 6.45) is 0.148. The minimum absolute atomic E-state index is 0.0686. The van der Waals surface area contributed by atoms with Crippen LogP contribution in [-0.2, 0) is 20.9 Å². The van der Waals surface area contributed by atoms with E-state index in [2.05, 4.69) is 0 Å². The zero-order valence-corrected chi connectivity index (χ0v) is 11.9. The van der Waals surface area contributed by atoms with E-state index >= 15 is 0 Å². The fourth-order valence-electron chi connectivity index (χ4n) is 2.49. The Hall–Kier alpha value is -2.37. The Bertz CT molecular complexity index is 544. The Morgan fingerprint density at radius 2 is 2.00 bits per heavy atom. The van der Waals surface area contributed by atoms with Crippen molar-refractivity contribution in [2.75, 3.05) is 20.1 Å². The first-order valence-corrected chi connectivity index (χ1v) is 6.76. The highest BCUT2D eigenvalue weighted by Gasteiger charge is 2.35. The summed E-state index contributed by atoms with van der Waals surface area (Å²) < 4.78 is 0. The fraction of sp³-hybridized carbons (Fsp3) is 0.400. The van der Waals surface area contributed by atoms with E-state index in [-0.39, 0.29) is 24.8 Å². The summed E-state index contributed by atoms with van der Waals surface area (Å²) >= 11 is 0. The Morgan fingerprint density at radius 1 is 1.33 bits per heavy atom. The van der Waals surface area contributed by atoms with E-state index in [1.165, 1.54) is 7.05 Å². The molecule has 0 aromatic heterocycles. The molecule has 0 unspecified atom stereocenters. The topological polar surface area (TPSA) is 77.9 Å². The van der Waals surface area contributed by atoms with Crippen molar-refractivity contribution < 1.29 is 19.5 Å². The number of benzene rings is 1. The molecule has 1 fully saturated rings. The molecule has 0 bridgehead atoms. The van der Waals surface area contributed by atoms with Crippen LogP contribution < -0.4 is 0 Å². The second-order valence-electron chi connectivity index (χ2n) is 5.25. The average molecular weight is 290 g/mol. The number of carboxylic acid groups (broad SMARTS) is 1. The van der Waals surface area contributed by atoms with Crippen molar-refractivity contribution in [2.24, 2.45) is 5.92 Å². The zero-order valence-electron chi connectivity index (χ0n) is 11.9. The van der Waals surface area contributed by atoms with Crippen molar-refractivity contribution >= 4 is 17.8 Å². The molecule has 1 N–H and O–H groups in total. The SMILES string of the molecule is CN(CC(=O)O)C(=O)[C@H]1CC(=O)N(Cc2ccccc2)C1. The number of aliphatic carboxylic acids is 1. The van der Waals surface area contributed by atoms with Gasteiger partial charge in [-0.2, -0.15) is 0 Å². The van der Waals surface area contributed by atoms with Crippen LogP contribution in [0.4, 0.5) is 0 Å². The minimum atomic E-state index is -1.06. The number of rotatable bonds is 5. The number of likely N-dealkylation sites (N-methyl/N-ethyl adjacent to an activating group) is 1. The number of hydrogen-bond donors (Lipinski definition) is 1. The van der Waals surface area contributed by atoms with Gasteiger partial charge in [-0.15, -0.1) is 0 Å². The number of hydrogen-bond acceptors (Lipinski definition) is 3. The van der Waals surface area contributed by atoms with Crippen LogP contribution >= 0.6 is 0 Å². The molecule has 0 radical (unpaired) electrons. The van der Waals surface area contributed by atoms with Crippen LogP contribution in [0.2, 0.25) is 0 Å². The van der Waals surface area contributed by atoms with E-state index in [4.69, 9.17) is 5.11 Å². The molecule has 1 aromatic carbocycles. The number of amides is 2. The van der Waals surface area contributed by atoms with E-state index in [9.17, 15) is 14.4 Å². The lowest BCUT2D eigenvalue weighted by Gasteiger charge is -2.20. The molecule has 21 heavy (non-hydrogen) atoms. The molecule has 2 amide bonds. The molecule has 1 aliphatic heterocycles. The molecule has 1 saturated heterocycles. The molecule has 0 saturated carbocycles. The maximum absolute atomic E-state index is 12.1. The Labute approximate surface area is 123 Å². The van der Waals surface area contributed by atoms with Crippen molar-refractivity contribution in [3.63, 3.8) is 0 Å². The highest BCUT2D eigenvalue weighted by Crippen LogP contribution is 2.21. The second-order valence-corrected chi connectivity index (χ2v) is 5.25. The molecule has 112 valence electrons. The molecule has 1 atom stereocenters. The van der Waals surface area contributed by atoms with Crippen LogP contribution in [-0.4, -0.2) is 52.8 Å². The highest BCUT2D eigenvalue weighted by atomic mass is 16.4. The monoisotopic (exact) mass is 290 g/mol. The van der Waals surface area contributed by atoms with Gasteiger partial charge in [0, 0.05) is 26.6 Å². The number of carbonyl (C=O) groups excluding carboxylic acids is 2. The predicted molar refractivity (Wildman–Crippen MR) is 75.2 cm³/mol. The van der Waals surface area contributed by atoms with E-state index in [0.717, 1.165) is 10.5 Å². The van der Waals surface area contributed by atoms with Crippen molar-refractivity contribution in [3.05, 3.63) is 35.9 Å². The fourth-order valence-corrected chi connectivity index (χ4v) is 2.49. The second kappa shape index (κ2) is 6.39. The zero-order chi connectivity index (χ0) is 15.4. The Balaban J connectivity index is 1.96. The van der Waals surface area contributed by atoms with Gasteiger partial charge in [-0.25, -0.2) is 0 Å². The standard InChI is InChI=1S/C15H18N2O4/c1-16(10-14(19)20)15(21)12-7-13(18)17(9-12)8-11-5-3-2-4-6-11/h2-6,12H,7-10H2,1H3,(H,19,20)/t12-/m0/s1. The van der Waals surface area contributed by atoms with Gasteiger partial charge in [-0.05, 0) is 5.56 Å². The largest absolute Gasteiger partial charge is 0.480 e. The molecule has 2 rings (SSSR count). The van der Waals surface area contributed by atoms with E-state index in [1.54, 1.807) is 4.90 Å². The van der Waals surface area contributed by atoms with Gasteiger partial charge in [0.1, 0.15) is 6.54 Å². The van der Waals surface area contributed by atoms with Gasteiger partial charge < -0.3 is 14.9 Å². The first kappa shape index (κ1) is 15.0. The molecule has 6 nitrogen and oxygen atoms in total. The summed E-state index contributed by atoms with van der Waals surface area (Å²) in [5, 5.41) is 8.70. The molecule has 6 heteroatoms. The summed E-state index contributed by atoms with van der Waals surface area (Å²) in [4.78, 5) is 37.5.